The van der Waals surface area contributed by atoms with Crippen molar-refractivity contribution < 1.29 is 14.7 Å². The fourth-order valence-corrected chi connectivity index (χ4v) is 3.44. The first-order valence-corrected chi connectivity index (χ1v) is 8.08. The highest BCUT2D eigenvalue weighted by atomic mass is 16.4. The Hall–Kier alpha value is -1.30. The monoisotopic (exact) mass is 297 g/mol. The van der Waals surface area contributed by atoms with E-state index < -0.39 is 5.97 Å². The molecule has 2 atom stereocenters. The Morgan fingerprint density at radius 2 is 2.10 bits per heavy atom. The molecule has 0 spiro atoms. The number of amides is 2. The third kappa shape index (κ3) is 4.59. The molecule has 2 aliphatic heterocycles. The van der Waals surface area contributed by atoms with Crippen LogP contribution in [0.1, 0.15) is 39.0 Å². The van der Waals surface area contributed by atoms with E-state index >= 15 is 0 Å². The second-order valence-electron chi connectivity index (χ2n) is 6.14. The number of likely N-dealkylation sites (N-methyl/N-ethyl adjacent to an activating group) is 1. The zero-order valence-electron chi connectivity index (χ0n) is 12.9. The van der Waals surface area contributed by atoms with Gasteiger partial charge >= 0.3 is 12.0 Å². The number of carbonyl (C=O) groups is 2. The van der Waals surface area contributed by atoms with Crippen molar-refractivity contribution in [3.05, 3.63) is 0 Å². The molecular weight excluding hydrogens is 270 g/mol. The number of likely N-dealkylation sites (tertiary alicyclic amines) is 2. The number of rotatable bonds is 6. The fourth-order valence-electron chi connectivity index (χ4n) is 3.44. The number of carboxylic acids is 1. The van der Waals surface area contributed by atoms with E-state index in [9.17, 15) is 9.59 Å². The molecule has 2 heterocycles. The average Bonchev–Trinajstić information content (AvgIpc) is 3.11. The maximum Gasteiger partial charge on any atom is 0.317 e. The number of nitrogens with zero attached hydrogens (tertiary/aromatic N) is 2. The molecule has 6 nitrogen and oxygen atoms in total. The number of hydrogen-bond acceptors (Lipinski definition) is 3. The number of aliphatic carboxylic acids is 1. The maximum atomic E-state index is 12.2. The molecule has 0 aromatic carbocycles. The lowest BCUT2D eigenvalue weighted by Crippen LogP contribution is -2.45. The molecule has 2 N–H and O–H groups in total. The molecule has 6 heteroatoms. The fraction of sp³-hybridized carbons (Fsp3) is 0.867. The van der Waals surface area contributed by atoms with Gasteiger partial charge in [-0.25, -0.2) is 4.79 Å². The molecule has 0 bridgehead atoms. The number of carbonyl (C=O) groups excluding carboxylic acids is 1. The Bertz CT molecular complexity index is 375. The zero-order chi connectivity index (χ0) is 15.2. The molecule has 0 aliphatic carbocycles. The van der Waals surface area contributed by atoms with Crippen molar-refractivity contribution in [1.82, 2.24) is 15.1 Å². The Kier molecular flexibility index (Phi) is 5.85. The highest BCUT2D eigenvalue weighted by molar-refractivity contribution is 5.74. The molecule has 0 saturated carbocycles. The van der Waals surface area contributed by atoms with Gasteiger partial charge in [0.15, 0.2) is 0 Å². The average molecular weight is 297 g/mol. The van der Waals surface area contributed by atoms with Gasteiger partial charge in [0.1, 0.15) is 0 Å². The Morgan fingerprint density at radius 1 is 1.29 bits per heavy atom. The van der Waals surface area contributed by atoms with Crippen molar-refractivity contribution >= 4 is 12.0 Å². The molecule has 2 unspecified atom stereocenters. The van der Waals surface area contributed by atoms with E-state index in [0.29, 0.717) is 24.9 Å². The van der Waals surface area contributed by atoms with Crippen molar-refractivity contribution in [3.8, 4) is 0 Å². The van der Waals surface area contributed by atoms with Gasteiger partial charge in [-0.3, -0.25) is 9.69 Å². The molecule has 0 aromatic rings. The lowest BCUT2D eigenvalue weighted by molar-refractivity contribution is -0.137. The Balaban J connectivity index is 1.68. The van der Waals surface area contributed by atoms with Crippen LogP contribution in [-0.2, 0) is 4.79 Å². The molecule has 2 fully saturated rings. The first-order chi connectivity index (χ1) is 10.1. The summed E-state index contributed by atoms with van der Waals surface area (Å²) < 4.78 is 0. The second kappa shape index (κ2) is 7.64. The molecule has 21 heavy (non-hydrogen) atoms. The quantitative estimate of drug-likeness (QED) is 0.776. The maximum absolute atomic E-state index is 12.2. The van der Waals surface area contributed by atoms with E-state index in [1.54, 1.807) is 0 Å². The SMILES string of the molecule is CCN1CCCC1CNC(=O)N1CCC(CCC(=O)O)C1. The normalized spacial score (nSPS) is 26.2. The van der Waals surface area contributed by atoms with E-state index in [1.165, 1.54) is 6.42 Å². The summed E-state index contributed by atoms with van der Waals surface area (Å²) in [6.45, 7) is 6.51. The van der Waals surface area contributed by atoms with Crippen LogP contribution in [0, 0.1) is 5.92 Å². The molecular formula is C15H27N3O3. The molecule has 2 aliphatic rings. The van der Waals surface area contributed by atoms with Crippen LogP contribution in [-0.4, -0.2) is 65.7 Å². The third-order valence-corrected chi connectivity index (χ3v) is 4.73. The number of hydrogen-bond donors (Lipinski definition) is 2. The van der Waals surface area contributed by atoms with Crippen molar-refractivity contribution in [2.24, 2.45) is 5.92 Å². The van der Waals surface area contributed by atoms with Crippen molar-refractivity contribution in [3.63, 3.8) is 0 Å². The van der Waals surface area contributed by atoms with Gasteiger partial charge in [-0.2, -0.15) is 0 Å². The van der Waals surface area contributed by atoms with Gasteiger partial charge in [0.05, 0.1) is 0 Å². The Morgan fingerprint density at radius 3 is 2.81 bits per heavy atom. The van der Waals surface area contributed by atoms with Gasteiger partial charge in [-0.05, 0) is 44.7 Å². The van der Waals surface area contributed by atoms with Crippen LogP contribution in [0.3, 0.4) is 0 Å². The van der Waals surface area contributed by atoms with E-state index in [-0.39, 0.29) is 12.5 Å². The van der Waals surface area contributed by atoms with Gasteiger partial charge in [-0.1, -0.05) is 6.92 Å². The summed E-state index contributed by atoms with van der Waals surface area (Å²) >= 11 is 0. The molecule has 0 aromatic heterocycles. The van der Waals surface area contributed by atoms with Crippen LogP contribution >= 0.6 is 0 Å². The van der Waals surface area contributed by atoms with Crippen LogP contribution in [0.5, 0.6) is 0 Å². The zero-order valence-corrected chi connectivity index (χ0v) is 12.9. The summed E-state index contributed by atoms with van der Waals surface area (Å²) in [6, 6.07) is 0.486. The van der Waals surface area contributed by atoms with E-state index in [2.05, 4.69) is 17.1 Å². The minimum Gasteiger partial charge on any atom is -0.481 e. The van der Waals surface area contributed by atoms with E-state index in [0.717, 1.165) is 39.0 Å². The second-order valence-corrected chi connectivity index (χ2v) is 6.14. The van der Waals surface area contributed by atoms with Gasteiger partial charge in [0, 0.05) is 32.1 Å². The minimum absolute atomic E-state index is 0.00998. The molecule has 2 amide bonds. The molecule has 2 saturated heterocycles. The predicted molar refractivity (Wildman–Crippen MR) is 80.2 cm³/mol. The van der Waals surface area contributed by atoms with Crippen LogP contribution in [0.15, 0.2) is 0 Å². The first-order valence-electron chi connectivity index (χ1n) is 8.08. The summed E-state index contributed by atoms with van der Waals surface area (Å²) in [6.07, 6.45) is 4.18. The summed E-state index contributed by atoms with van der Waals surface area (Å²) in [4.78, 5) is 27.0. The number of nitrogens with one attached hydrogen (secondary N) is 1. The van der Waals surface area contributed by atoms with Crippen molar-refractivity contribution in [2.45, 2.75) is 45.1 Å². The molecule has 2 rings (SSSR count). The smallest absolute Gasteiger partial charge is 0.317 e. The molecule has 120 valence electrons. The summed E-state index contributed by atoms with van der Waals surface area (Å²) in [5.74, 6) is -0.413. The van der Waals surface area contributed by atoms with Crippen LogP contribution < -0.4 is 5.32 Å². The van der Waals surface area contributed by atoms with E-state index in [1.807, 2.05) is 4.90 Å². The van der Waals surface area contributed by atoms with Gasteiger partial charge in [-0.15, -0.1) is 0 Å². The van der Waals surface area contributed by atoms with Crippen LogP contribution in [0.4, 0.5) is 4.79 Å². The van der Waals surface area contributed by atoms with Crippen molar-refractivity contribution in [2.75, 3.05) is 32.7 Å². The van der Waals surface area contributed by atoms with E-state index in [4.69, 9.17) is 5.11 Å². The van der Waals surface area contributed by atoms with Crippen molar-refractivity contribution in [1.29, 1.82) is 0 Å². The highest BCUT2D eigenvalue weighted by Crippen LogP contribution is 2.21. The van der Waals surface area contributed by atoms with Crippen LogP contribution in [0.2, 0.25) is 0 Å². The lowest BCUT2D eigenvalue weighted by Gasteiger charge is -2.24. The third-order valence-electron chi connectivity index (χ3n) is 4.73. The first kappa shape index (κ1) is 16.1. The standard InChI is InChI=1S/C15H27N3O3/c1-2-17-8-3-4-13(17)10-16-15(21)18-9-7-12(11-18)5-6-14(19)20/h12-13H,2-11H2,1H3,(H,16,21)(H,19,20). The highest BCUT2D eigenvalue weighted by Gasteiger charge is 2.28. The number of urea groups is 1. The minimum atomic E-state index is -0.751. The Labute approximate surface area is 126 Å². The van der Waals surface area contributed by atoms with Gasteiger partial charge < -0.3 is 15.3 Å². The largest absolute Gasteiger partial charge is 0.481 e. The predicted octanol–water partition coefficient (Wildman–Crippen LogP) is 1.37. The molecule has 0 radical (unpaired) electrons. The summed E-state index contributed by atoms with van der Waals surface area (Å²) in [5.41, 5.74) is 0. The summed E-state index contributed by atoms with van der Waals surface area (Å²) in [5, 5.41) is 11.8. The van der Waals surface area contributed by atoms with Gasteiger partial charge in [0.2, 0.25) is 0 Å². The summed E-state index contributed by atoms with van der Waals surface area (Å²) in [7, 11) is 0. The topological polar surface area (TPSA) is 72.9 Å². The lowest BCUT2D eigenvalue weighted by atomic mass is 10.0. The van der Waals surface area contributed by atoms with Gasteiger partial charge in [0.25, 0.3) is 0 Å². The number of carboxylic acid groups (broad SMARTS) is 1. The van der Waals surface area contributed by atoms with Crippen LogP contribution in [0.25, 0.3) is 0 Å².